The molecule has 102 valence electrons. The van der Waals surface area contributed by atoms with E-state index in [1.165, 1.54) is 19.3 Å². The van der Waals surface area contributed by atoms with E-state index in [4.69, 9.17) is 5.73 Å². The van der Waals surface area contributed by atoms with Crippen molar-refractivity contribution in [2.45, 2.75) is 32.6 Å². The molecule has 0 aliphatic heterocycles. The van der Waals surface area contributed by atoms with Gasteiger partial charge in [0, 0.05) is 20.2 Å². The fourth-order valence-corrected chi connectivity index (χ4v) is 2.91. The van der Waals surface area contributed by atoms with Gasteiger partial charge in [0.1, 0.15) is 5.82 Å². The molecule has 2 unspecified atom stereocenters. The molecule has 1 aromatic rings. The first-order valence-corrected chi connectivity index (χ1v) is 6.77. The van der Waals surface area contributed by atoms with Crippen molar-refractivity contribution in [3.63, 3.8) is 0 Å². The Hall–Kier alpha value is -1.23. The molecule has 2 atom stereocenters. The zero-order valence-corrected chi connectivity index (χ0v) is 11.3. The highest BCUT2D eigenvalue weighted by atomic mass is 16.3. The maximum Gasteiger partial charge on any atom is 0.147 e. The molecule has 0 aromatic carbocycles. The summed E-state index contributed by atoms with van der Waals surface area (Å²) in [6.45, 7) is 3.08. The largest absolute Gasteiger partial charge is 0.396 e. The Balaban J connectivity index is 1.98. The number of anilines is 2. The van der Waals surface area contributed by atoms with E-state index in [-0.39, 0.29) is 0 Å². The minimum Gasteiger partial charge on any atom is -0.396 e. The van der Waals surface area contributed by atoms with Crippen molar-refractivity contribution in [3.05, 3.63) is 5.69 Å². The Morgan fingerprint density at radius 3 is 2.61 bits per heavy atom. The van der Waals surface area contributed by atoms with Crippen LogP contribution in [0.4, 0.5) is 11.5 Å². The van der Waals surface area contributed by atoms with E-state index < -0.39 is 0 Å². The molecule has 1 heterocycles. The number of nitrogens with zero attached hydrogens (tertiary/aromatic N) is 2. The molecule has 2 rings (SSSR count). The van der Waals surface area contributed by atoms with Crippen LogP contribution in [0.1, 0.15) is 31.4 Å². The van der Waals surface area contributed by atoms with Crippen LogP contribution in [0, 0.1) is 18.8 Å². The molecule has 0 amide bonds. The lowest BCUT2D eigenvalue weighted by atomic mass is 9.79. The number of nitrogens with one attached hydrogen (secondary N) is 1. The average molecular weight is 252 g/mol. The molecular weight excluding hydrogens is 228 g/mol. The SMILES string of the molecule is Cc1nn(C)c(NCC2CCCCC2CO)c1N. The lowest BCUT2D eigenvalue weighted by Crippen LogP contribution is -2.29. The van der Waals surface area contributed by atoms with Gasteiger partial charge in [0.25, 0.3) is 0 Å². The van der Waals surface area contributed by atoms with Crippen LogP contribution in [0.15, 0.2) is 0 Å². The standard InChI is InChI=1S/C13H24N4O/c1-9-12(14)13(17(2)16-9)15-7-10-5-3-4-6-11(10)8-18/h10-11,15,18H,3-8,14H2,1-2H3. The van der Waals surface area contributed by atoms with Crippen LogP contribution in [0.2, 0.25) is 0 Å². The predicted octanol–water partition coefficient (Wildman–Crippen LogP) is 1.52. The first kappa shape index (κ1) is 13.2. The number of nitrogen functional groups attached to an aromatic ring is 1. The zero-order chi connectivity index (χ0) is 13.1. The topological polar surface area (TPSA) is 76.1 Å². The van der Waals surface area contributed by atoms with Crippen LogP contribution >= 0.6 is 0 Å². The van der Waals surface area contributed by atoms with Crippen molar-refractivity contribution < 1.29 is 5.11 Å². The molecule has 5 nitrogen and oxygen atoms in total. The fraction of sp³-hybridized carbons (Fsp3) is 0.769. The summed E-state index contributed by atoms with van der Waals surface area (Å²) < 4.78 is 1.79. The highest BCUT2D eigenvalue weighted by molar-refractivity contribution is 5.64. The highest BCUT2D eigenvalue weighted by Gasteiger charge is 2.24. The number of aliphatic hydroxyl groups excluding tert-OH is 1. The third-order valence-corrected chi connectivity index (χ3v) is 4.10. The molecule has 0 radical (unpaired) electrons. The molecule has 1 aromatic heterocycles. The molecule has 5 heteroatoms. The molecular formula is C13H24N4O. The van der Waals surface area contributed by atoms with E-state index in [1.807, 2.05) is 14.0 Å². The Morgan fingerprint density at radius 1 is 1.39 bits per heavy atom. The molecule has 4 N–H and O–H groups in total. The second-order valence-corrected chi connectivity index (χ2v) is 5.34. The molecule has 1 aliphatic carbocycles. The normalized spacial score (nSPS) is 24.2. The van der Waals surface area contributed by atoms with E-state index in [9.17, 15) is 5.11 Å². The summed E-state index contributed by atoms with van der Waals surface area (Å²) in [5.41, 5.74) is 7.58. The lowest BCUT2D eigenvalue weighted by molar-refractivity contribution is 0.141. The van der Waals surface area contributed by atoms with Gasteiger partial charge < -0.3 is 16.2 Å². The summed E-state index contributed by atoms with van der Waals surface area (Å²) in [6, 6.07) is 0. The van der Waals surface area contributed by atoms with Crippen molar-refractivity contribution in [3.8, 4) is 0 Å². The van der Waals surface area contributed by atoms with Crippen LogP contribution < -0.4 is 11.1 Å². The summed E-state index contributed by atoms with van der Waals surface area (Å²) >= 11 is 0. The van der Waals surface area contributed by atoms with Gasteiger partial charge in [-0.25, -0.2) is 0 Å². The van der Waals surface area contributed by atoms with Gasteiger partial charge in [-0.05, 0) is 31.6 Å². The first-order chi connectivity index (χ1) is 8.63. The minimum absolute atomic E-state index is 0.298. The van der Waals surface area contributed by atoms with Crippen LogP contribution in [-0.2, 0) is 7.05 Å². The highest BCUT2D eigenvalue weighted by Crippen LogP contribution is 2.30. The van der Waals surface area contributed by atoms with E-state index >= 15 is 0 Å². The quantitative estimate of drug-likeness (QED) is 0.759. The number of aliphatic hydroxyl groups is 1. The van der Waals surface area contributed by atoms with E-state index in [1.54, 1.807) is 4.68 Å². The Kier molecular flexibility index (Phi) is 4.11. The monoisotopic (exact) mass is 252 g/mol. The maximum atomic E-state index is 9.40. The predicted molar refractivity (Wildman–Crippen MR) is 73.4 cm³/mol. The average Bonchev–Trinajstić information content (AvgIpc) is 2.62. The van der Waals surface area contributed by atoms with Crippen molar-refractivity contribution >= 4 is 11.5 Å². The summed E-state index contributed by atoms with van der Waals surface area (Å²) in [6.07, 6.45) is 4.84. The van der Waals surface area contributed by atoms with E-state index in [0.717, 1.165) is 30.2 Å². The summed E-state index contributed by atoms with van der Waals surface area (Å²) in [5.74, 6) is 1.87. The third kappa shape index (κ3) is 2.61. The van der Waals surface area contributed by atoms with Gasteiger partial charge in [0.05, 0.1) is 11.4 Å². The summed E-state index contributed by atoms with van der Waals surface area (Å²) in [4.78, 5) is 0. The van der Waals surface area contributed by atoms with Crippen LogP contribution in [0.3, 0.4) is 0 Å². The molecule has 1 saturated carbocycles. The summed E-state index contributed by atoms with van der Waals surface area (Å²) in [7, 11) is 1.90. The fourth-order valence-electron chi connectivity index (χ4n) is 2.91. The van der Waals surface area contributed by atoms with E-state index in [2.05, 4.69) is 10.4 Å². The number of nitrogens with two attached hydrogens (primary N) is 1. The molecule has 0 spiro atoms. The van der Waals surface area contributed by atoms with Crippen molar-refractivity contribution in [1.82, 2.24) is 9.78 Å². The van der Waals surface area contributed by atoms with Crippen molar-refractivity contribution in [1.29, 1.82) is 0 Å². The van der Waals surface area contributed by atoms with Gasteiger partial charge in [-0.15, -0.1) is 0 Å². The van der Waals surface area contributed by atoms with Crippen molar-refractivity contribution in [2.75, 3.05) is 24.2 Å². The first-order valence-electron chi connectivity index (χ1n) is 6.77. The Morgan fingerprint density at radius 2 is 2.06 bits per heavy atom. The van der Waals surface area contributed by atoms with Gasteiger partial charge in [-0.1, -0.05) is 12.8 Å². The van der Waals surface area contributed by atoms with Crippen LogP contribution in [0.5, 0.6) is 0 Å². The molecule has 1 aliphatic rings. The van der Waals surface area contributed by atoms with Crippen molar-refractivity contribution in [2.24, 2.45) is 18.9 Å². The van der Waals surface area contributed by atoms with Gasteiger partial charge >= 0.3 is 0 Å². The smallest absolute Gasteiger partial charge is 0.147 e. The number of rotatable bonds is 4. The Labute approximate surface area is 108 Å². The summed E-state index contributed by atoms with van der Waals surface area (Å²) in [5, 5.41) is 17.1. The number of hydrogen-bond donors (Lipinski definition) is 3. The second-order valence-electron chi connectivity index (χ2n) is 5.34. The number of hydrogen-bond acceptors (Lipinski definition) is 4. The molecule has 1 fully saturated rings. The molecule has 0 bridgehead atoms. The maximum absolute atomic E-state index is 9.40. The van der Waals surface area contributed by atoms with Gasteiger partial charge in [-0.2, -0.15) is 5.10 Å². The van der Waals surface area contributed by atoms with Crippen LogP contribution in [0.25, 0.3) is 0 Å². The van der Waals surface area contributed by atoms with Gasteiger partial charge in [-0.3, -0.25) is 4.68 Å². The second kappa shape index (κ2) is 5.61. The molecule has 0 saturated heterocycles. The zero-order valence-electron chi connectivity index (χ0n) is 11.3. The molecule has 18 heavy (non-hydrogen) atoms. The van der Waals surface area contributed by atoms with E-state index in [0.29, 0.717) is 18.4 Å². The number of aromatic nitrogens is 2. The van der Waals surface area contributed by atoms with Gasteiger partial charge in [0.2, 0.25) is 0 Å². The van der Waals surface area contributed by atoms with Crippen LogP contribution in [-0.4, -0.2) is 28.0 Å². The van der Waals surface area contributed by atoms with Gasteiger partial charge in [0.15, 0.2) is 0 Å². The Bertz CT molecular complexity index is 402. The minimum atomic E-state index is 0.298. The lowest BCUT2D eigenvalue weighted by Gasteiger charge is -2.30. The third-order valence-electron chi connectivity index (χ3n) is 4.10. The number of aryl methyl sites for hydroxylation is 2.